The van der Waals surface area contributed by atoms with Crippen LogP contribution in [0.3, 0.4) is 0 Å². The molecule has 0 radical (unpaired) electrons. The van der Waals surface area contributed by atoms with Crippen molar-refractivity contribution in [2.75, 3.05) is 0 Å². The Morgan fingerprint density at radius 2 is 2.05 bits per heavy atom. The van der Waals surface area contributed by atoms with E-state index in [4.69, 9.17) is 5.73 Å². The van der Waals surface area contributed by atoms with Gasteiger partial charge in [-0.15, -0.1) is 0 Å². The van der Waals surface area contributed by atoms with E-state index in [9.17, 15) is 8.42 Å². The summed E-state index contributed by atoms with van der Waals surface area (Å²) >= 11 is 0. The lowest BCUT2D eigenvalue weighted by molar-refractivity contribution is 0.528. The number of fused-ring (bicyclic) bond motifs is 1. The van der Waals surface area contributed by atoms with Gasteiger partial charge in [0.1, 0.15) is 0 Å². The summed E-state index contributed by atoms with van der Waals surface area (Å²) in [5, 5.41) is -0.750. The van der Waals surface area contributed by atoms with E-state index in [0.717, 1.165) is 18.4 Å². The second-order valence-corrected chi connectivity index (χ2v) is 8.05. The molecule has 0 fully saturated rings. The third kappa shape index (κ3) is 2.70. The summed E-state index contributed by atoms with van der Waals surface area (Å²) in [4.78, 5) is 0. The summed E-state index contributed by atoms with van der Waals surface area (Å²) in [6.45, 7) is 3.71. The van der Waals surface area contributed by atoms with E-state index in [2.05, 4.69) is 6.07 Å². The van der Waals surface area contributed by atoms with Gasteiger partial charge in [-0.25, -0.2) is 8.42 Å². The number of sulfone groups is 1. The van der Waals surface area contributed by atoms with Crippen LogP contribution in [0.15, 0.2) is 24.3 Å². The van der Waals surface area contributed by atoms with Gasteiger partial charge in [0.05, 0.1) is 10.5 Å². The van der Waals surface area contributed by atoms with E-state index in [1.165, 1.54) is 5.56 Å². The Labute approximate surface area is 116 Å². The van der Waals surface area contributed by atoms with Crippen LogP contribution >= 0.6 is 0 Å². The molecule has 3 nitrogen and oxygen atoms in total. The van der Waals surface area contributed by atoms with Gasteiger partial charge in [0.25, 0.3) is 0 Å². The van der Waals surface area contributed by atoms with Crippen molar-refractivity contribution in [3.05, 3.63) is 35.4 Å². The molecule has 0 aromatic heterocycles. The highest BCUT2D eigenvalue weighted by atomic mass is 32.2. The standard InChI is InChI=1S/C15H23NO2S/c1-3-11(2)19(17,18)14-10-6-8-12-7-4-5-9-13(12)15(14)16/h4-5,7,9,11,14-15H,3,6,8,10,16H2,1-2H3. The maximum absolute atomic E-state index is 12.6. The van der Waals surface area contributed by atoms with Gasteiger partial charge in [-0.1, -0.05) is 31.2 Å². The molecular formula is C15H23NO2S. The average molecular weight is 281 g/mol. The normalized spacial score (nSPS) is 25.4. The van der Waals surface area contributed by atoms with Gasteiger partial charge in [-0.2, -0.15) is 0 Å². The first kappa shape index (κ1) is 14.5. The third-order valence-electron chi connectivity index (χ3n) is 4.31. The number of hydrogen-bond donors (Lipinski definition) is 1. The van der Waals surface area contributed by atoms with Crippen molar-refractivity contribution in [1.29, 1.82) is 0 Å². The van der Waals surface area contributed by atoms with Crippen molar-refractivity contribution in [2.45, 2.75) is 56.1 Å². The molecular weight excluding hydrogens is 258 g/mol. The van der Waals surface area contributed by atoms with Crippen LogP contribution in [0.25, 0.3) is 0 Å². The lowest BCUT2D eigenvalue weighted by Gasteiger charge is -2.25. The minimum Gasteiger partial charge on any atom is -0.323 e. The molecule has 106 valence electrons. The smallest absolute Gasteiger partial charge is 0.157 e. The lowest BCUT2D eigenvalue weighted by atomic mass is 10.00. The van der Waals surface area contributed by atoms with Crippen LogP contribution in [0.5, 0.6) is 0 Å². The number of aryl methyl sites for hydroxylation is 1. The van der Waals surface area contributed by atoms with Crippen molar-refractivity contribution in [2.24, 2.45) is 5.73 Å². The van der Waals surface area contributed by atoms with Gasteiger partial charge in [0.15, 0.2) is 9.84 Å². The largest absolute Gasteiger partial charge is 0.323 e. The van der Waals surface area contributed by atoms with Gasteiger partial charge < -0.3 is 5.73 Å². The molecule has 1 aromatic carbocycles. The van der Waals surface area contributed by atoms with Crippen molar-refractivity contribution in [3.63, 3.8) is 0 Å². The molecule has 0 bridgehead atoms. The van der Waals surface area contributed by atoms with Gasteiger partial charge in [0, 0.05) is 6.04 Å². The van der Waals surface area contributed by atoms with Crippen LogP contribution in [0.1, 0.15) is 50.3 Å². The second-order valence-electron chi connectivity index (χ2n) is 5.46. The Hall–Kier alpha value is -0.870. The molecule has 2 rings (SSSR count). The Kier molecular flexibility index (Phi) is 4.31. The summed E-state index contributed by atoms with van der Waals surface area (Å²) < 4.78 is 25.2. The predicted molar refractivity (Wildman–Crippen MR) is 78.8 cm³/mol. The Morgan fingerprint density at radius 3 is 2.74 bits per heavy atom. The molecule has 2 N–H and O–H groups in total. The molecule has 1 aliphatic carbocycles. The van der Waals surface area contributed by atoms with E-state index in [0.29, 0.717) is 12.8 Å². The second kappa shape index (κ2) is 5.63. The first-order chi connectivity index (χ1) is 8.98. The SMILES string of the molecule is CCC(C)S(=O)(=O)C1CCCc2ccccc2C1N. The van der Waals surface area contributed by atoms with E-state index < -0.39 is 21.1 Å². The Balaban J connectivity index is 2.40. The maximum atomic E-state index is 12.6. The quantitative estimate of drug-likeness (QED) is 0.866. The summed E-state index contributed by atoms with van der Waals surface area (Å²) in [6.07, 6.45) is 3.14. The molecule has 19 heavy (non-hydrogen) atoms. The zero-order valence-electron chi connectivity index (χ0n) is 11.7. The molecule has 1 aromatic rings. The minimum atomic E-state index is -3.15. The van der Waals surface area contributed by atoms with E-state index in [-0.39, 0.29) is 5.25 Å². The van der Waals surface area contributed by atoms with Crippen molar-refractivity contribution in [1.82, 2.24) is 0 Å². The van der Waals surface area contributed by atoms with Crippen LogP contribution < -0.4 is 5.73 Å². The first-order valence-corrected chi connectivity index (χ1v) is 8.65. The fraction of sp³-hybridized carbons (Fsp3) is 0.600. The van der Waals surface area contributed by atoms with Gasteiger partial charge in [-0.05, 0) is 43.7 Å². The Morgan fingerprint density at radius 1 is 1.37 bits per heavy atom. The van der Waals surface area contributed by atoms with Crippen molar-refractivity contribution >= 4 is 9.84 Å². The highest BCUT2D eigenvalue weighted by Crippen LogP contribution is 2.33. The molecule has 3 unspecified atom stereocenters. The zero-order chi connectivity index (χ0) is 14.0. The molecule has 0 saturated heterocycles. The van der Waals surface area contributed by atoms with Crippen molar-refractivity contribution < 1.29 is 8.42 Å². The summed E-state index contributed by atoms with van der Waals surface area (Å²) in [5.41, 5.74) is 8.51. The number of rotatable bonds is 3. The van der Waals surface area contributed by atoms with E-state index >= 15 is 0 Å². The zero-order valence-corrected chi connectivity index (χ0v) is 12.5. The summed E-state index contributed by atoms with van der Waals surface area (Å²) in [5.74, 6) is 0. The molecule has 0 amide bonds. The highest BCUT2D eigenvalue weighted by Gasteiger charge is 2.37. The van der Waals surface area contributed by atoms with Crippen LogP contribution in [0.2, 0.25) is 0 Å². The summed E-state index contributed by atoms with van der Waals surface area (Å²) in [7, 11) is -3.15. The highest BCUT2D eigenvalue weighted by molar-refractivity contribution is 7.92. The van der Waals surface area contributed by atoms with Gasteiger partial charge >= 0.3 is 0 Å². The average Bonchev–Trinajstić information content (AvgIpc) is 2.58. The molecule has 0 aliphatic heterocycles. The minimum absolute atomic E-state index is 0.311. The van der Waals surface area contributed by atoms with E-state index in [1.807, 2.05) is 25.1 Å². The van der Waals surface area contributed by atoms with Crippen LogP contribution in [0, 0.1) is 0 Å². The van der Waals surface area contributed by atoms with Crippen LogP contribution in [-0.2, 0) is 16.3 Å². The fourth-order valence-corrected chi connectivity index (χ4v) is 4.97. The Bertz CT molecular complexity index is 539. The first-order valence-electron chi connectivity index (χ1n) is 7.04. The van der Waals surface area contributed by atoms with Crippen molar-refractivity contribution in [3.8, 4) is 0 Å². The molecule has 0 spiro atoms. The van der Waals surface area contributed by atoms with Gasteiger partial charge in [-0.3, -0.25) is 0 Å². The van der Waals surface area contributed by atoms with Gasteiger partial charge in [0.2, 0.25) is 0 Å². The van der Waals surface area contributed by atoms with Crippen LogP contribution in [0.4, 0.5) is 0 Å². The molecule has 0 heterocycles. The molecule has 4 heteroatoms. The molecule has 0 saturated carbocycles. The fourth-order valence-electron chi connectivity index (χ4n) is 2.86. The third-order valence-corrected chi connectivity index (χ3v) is 7.14. The van der Waals surface area contributed by atoms with E-state index in [1.54, 1.807) is 6.92 Å². The monoisotopic (exact) mass is 281 g/mol. The predicted octanol–water partition coefficient (Wildman–Crippen LogP) is 2.60. The molecule has 3 atom stereocenters. The summed E-state index contributed by atoms with van der Waals surface area (Å²) in [6, 6.07) is 7.59. The number of hydrogen-bond acceptors (Lipinski definition) is 3. The topological polar surface area (TPSA) is 60.2 Å². The molecule has 1 aliphatic rings. The number of benzene rings is 1. The number of nitrogens with two attached hydrogens (primary N) is 1. The van der Waals surface area contributed by atoms with Crippen LogP contribution in [-0.4, -0.2) is 18.9 Å². The maximum Gasteiger partial charge on any atom is 0.157 e. The lowest BCUT2D eigenvalue weighted by Crippen LogP contribution is -2.38.